The summed E-state index contributed by atoms with van der Waals surface area (Å²) in [4.78, 5) is 24.1. The summed E-state index contributed by atoms with van der Waals surface area (Å²) in [5, 5.41) is 2.50. The summed E-state index contributed by atoms with van der Waals surface area (Å²) in [6.45, 7) is 2.10. The van der Waals surface area contributed by atoms with Gasteiger partial charge in [0.15, 0.2) is 0 Å². The van der Waals surface area contributed by atoms with Crippen LogP contribution in [0.2, 0.25) is 0 Å². The second-order valence-electron chi connectivity index (χ2n) is 5.29. The van der Waals surface area contributed by atoms with Gasteiger partial charge in [-0.15, -0.1) is 0 Å². The van der Waals surface area contributed by atoms with Crippen molar-refractivity contribution in [2.75, 3.05) is 5.32 Å². The molecule has 1 atom stereocenters. The molecule has 0 aromatic heterocycles. The molecule has 0 aliphatic carbocycles. The molecule has 2 rings (SSSR count). The number of alkyl halides is 1. The van der Waals surface area contributed by atoms with Crippen molar-refractivity contribution in [2.45, 2.75) is 51.1 Å². The first-order valence-electron chi connectivity index (χ1n) is 7.24. The van der Waals surface area contributed by atoms with Crippen LogP contribution >= 0.6 is 0 Å². The molecule has 0 bridgehead atoms. The van der Waals surface area contributed by atoms with Crippen LogP contribution in [0.25, 0.3) is 0 Å². The van der Waals surface area contributed by atoms with Crippen molar-refractivity contribution in [1.82, 2.24) is 0 Å². The second kappa shape index (κ2) is 6.16. The summed E-state index contributed by atoms with van der Waals surface area (Å²) in [6, 6.07) is 6.56. The quantitative estimate of drug-likeness (QED) is 0.633. The standard InChI is InChI=1S/C16H20FNO2/c1-2-3-4-5-8-11-16(17)14(19)12-9-6-7-10-13(12)18-15(16)20/h6-7,9-10H,2-5,8,11H2,1H3,(H,18,20). The number of benzene rings is 1. The Labute approximate surface area is 118 Å². The molecule has 1 N–H and O–H groups in total. The van der Waals surface area contributed by atoms with Crippen molar-refractivity contribution < 1.29 is 14.0 Å². The molecular formula is C16H20FNO2. The topological polar surface area (TPSA) is 46.2 Å². The number of para-hydroxylation sites is 1. The molecule has 1 aliphatic rings. The van der Waals surface area contributed by atoms with Crippen LogP contribution in [0.5, 0.6) is 0 Å². The summed E-state index contributed by atoms with van der Waals surface area (Å²) >= 11 is 0. The van der Waals surface area contributed by atoms with Gasteiger partial charge in [0.05, 0.1) is 5.69 Å². The summed E-state index contributed by atoms with van der Waals surface area (Å²) in [5.41, 5.74) is -1.73. The Morgan fingerprint density at radius 3 is 2.55 bits per heavy atom. The van der Waals surface area contributed by atoms with E-state index in [9.17, 15) is 14.0 Å². The lowest BCUT2D eigenvalue weighted by Gasteiger charge is -2.28. The maximum atomic E-state index is 14.8. The third-order valence-electron chi connectivity index (χ3n) is 3.76. The summed E-state index contributed by atoms with van der Waals surface area (Å²) in [5.74, 6) is -1.52. The molecule has 0 spiro atoms. The fraction of sp³-hybridized carbons (Fsp3) is 0.500. The van der Waals surface area contributed by atoms with Gasteiger partial charge in [-0.2, -0.15) is 0 Å². The van der Waals surface area contributed by atoms with E-state index in [0.29, 0.717) is 12.1 Å². The second-order valence-corrected chi connectivity index (χ2v) is 5.29. The zero-order valence-electron chi connectivity index (χ0n) is 11.7. The highest BCUT2D eigenvalue weighted by Gasteiger charge is 2.49. The lowest BCUT2D eigenvalue weighted by molar-refractivity contribution is -0.125. The number of halogens is 1. The van der Waals surface area contributed by atoms with E-state index in [1.807, 2.05) is 0 Å². The molecule has 1 aromatic carbocycles. The summed E-state index contributed by atoms with van der Waals surface area (Å²) in [6.07, 6.45) is 4.59. The average molecular weight is 277 g/mol. The van der Waals surface area contributed by atoms with Gasteiger partial charge in [0, 0.05) is 5.56 Å². The Morgan fingerprint density at radius 1 is 1.10 bits per heavy atom. The van der Waals surface area contributed by atoms with E-state index >= 15 is 0 Å². The molecule has 0 saturated heterocycles. The van der Waals surface area contributed by atoms with Gasteiger partial charge in [-0.1, -0.05) is 44.7 Å². The fourth-order valence-electron chi connectivity index (χ4n) is 2.53. The van der Waals surface area contributed by atoms with Crippen LogP contribution in [0, 0.1) is 0 Å². The number of Topliss-reactive ketones (excluding diaryl/α,β-unsaturated/α-hetero) is 1. The lowest BCUT2D eigenvalue weighted by atomic mass is 9.85. The molecule has 4 heteroatoms. The van der Waals surface area contributed by atoms with E-state index in [4.69, 9.17) is 0 Å². The Hall–Kier alpha value is -1.71. The van der Waals surface area contributed by atoms with Gasteiger partial charge in [0.25, 0.3) is 11.6 Å². The van der Waals surface area contributed by atoms with Crippen molar-refractivity contribution in [2.24, 2.45) is 0 Å². The third kappa shape index (κ3) is 2.74. The van der Waals surface area contributed by atoms with E-state index in [-0.39, 0.29) is 12.0 Å². The lowest BCUT2D eigenvalue weighted by Crippen LogP contribution is -2.49. The molecule has 20 heavy (non-hydrogen) atoms. The van der Waals surface area contributed by atoms with Crippen molar-refractivity contribution in [3.05, 3.63) is 29.8 Å². The first-order valence-corrected chi connectivity index (χ1v) is 7.24. The van der Waals surface area contributed by atoms with Gasteiger partial charge in [-0.05, 0) is 25.0 Å². The van der Waals surface area contributed by atoms with Gasteiger partial charge in [0.1, 0.15) is 0 Å². The Kier molecular flexibility index (Phi) is 4.53. The molecule has 1 aromatic rings. The predicted molar refractivity (Wildman–Crippen MR) is 76.6 cm³/mol. The van der Waals surface area contributed by atoms with Crippen LogP contribution < -0.4 is 5.32 Å². The monoisotopic (exact) mass is 277 g/mol. The van der Waals surface area contributed by atoms with E-state index in [1.165, 1.54) is 0 Å². The van der Waals surface area contributed by atoms with E-state index < -0.39 is 17.4 Å². The Bertz CT molecular complexity index is 515. The highest BCUT2D eigenvalue weighted by Crippen LogP contribution is 2.34. The number of hydrogen-bond acceptors (Lipinski definition) is 2. The zero-order chi connectivity index (χ0) is 14.6. The highest BCUT2D eigenvalue weighted by atomic mass is 19.1. The minimum absolute atomic E-state index is 0.0320. The first-order chi connectivity index (χ1) is 9.59. The van der Waals surface area contributed by atoms with Crippen LogP contribution in [0.4, 0.5) is 10.1 Å². The summed E-state index contributed by atoms with van der Waals surface area (Å²) < 4.78 is 14.8. The summed E-state index contributed by atoms with van der Waals surface area (Å²) in [7, 11) is 0. The van der Waals surface area contributed by atoms with Gasteiger partial charge < -0.3 is 5.32 Å². The van der Waals surface area contributed by atoms with E-state index in [2.05, 4.69) is 12.2 Å². The zero-order valence-corrected chi connectivity index (χ0v) is 11.7. The molecule has 108 valence electrons. The number of rotatable bonds is 6. The van der Waals surface area contributed by atoms with Crippen molar-refractivity contribution >= 4 is 17.4 Å². The Morgan fingerprint density at radius 2 is 1.80 bits per heavy atom. The van der Waals surface area contributed by atoms with E-state index in [1.54, 1.807) is 24.3 Å². The smallest absolute Gasteiger partial charge is 0.270 e. The van der Waals surface area contributed by atoms with Gasteiger partial charge in [-0.3, -0.25) is 9.59 Å². The molecular weight excluding hydrogens is 257 g/mol. The minimum Gasteiger partial charge on any atom is -0.322 e. The number of hydrogen-bond donors (Lipinski definition) is 1. The molecule has 1 heterocycles. The molecule has 0 radical (unpaired) electrons. The molecule has 0 saturated carbocycles. The first kappa shape index (κ1) is 14.7. The SMILES string of the molecule is CCCCCCCC1(F)C(=O)Nc2ccccc2C1=O. The third-order valence-corrected chi connectivity index (χ3v) is 3.76. The van der Waals surface area contributed by atoms with Crippen molar-refractivity contribution in [3.8, 4) is 0 Å². The number of nitrogens with one attached hydrogen (secondary N) is 1. The number of fused-ring (bicyclic) bond motifs is 1. The molecule has 1 amide bonds. The number of carbonyl (C=O) groups is 2. The van der Waals surface area contributed by atoms with Crippen molar-refractivity contribution in [3.63, 3.8) is 0 Å². The number of amides is 1. The minimum atomic E-state index is -2.40. The fourth-order valence-corrected chi connectivity index (χ4v) is 2.53. The number of carbonyl (C=O) groups excluding carboxylic acids is 2. The normalized spacial score (nSPS) is 21.5. The largest absolute Gasteiger partial charge is 0.322 e. The molecule has 0 fully saturated rings. The van der Waals surface area contributed by atoms with Gasteiger partial charge >= 0.3 is 0 Å². The average Bonchev–Trinajstić information content (AvgIpc) is 2.45. The number of ketones is 1. The maximum absolute atomic E-state index is 14.8. The Balaban J connectivity index is 2.07. The molecule has 3 nitrogen and oxygen atoms in total. The van der Waals surface area contributed by atoms with Crippen LogP contribution in [-0.4, -0.2) is 17.4 Å². The molecule has 1 unspecified atom stereocenters. The number of anilines is 1. The van der Waals surface area contributed by atoms with Gasteiger partial charge in [0.2, 0.25) is 5.78 Å². The molecule has 1 aliphatic heterocycles. The maximum Gasteiger partial charge on any atom is 0.270 e. The van der Waals surface area contributed by atoms with Gasteiger partial charge in [-0.25, -0.2) is 4.39 Å². The van der Waals surface area contributed by atoms with Crippen LogP contribution in [0.15, 0.2) is 24.3 Å². The van der Waals surface area contributed by atoms with Crippen molar-refractivity contribution in [1.29, 1.82) is 0 Å². The predicted octanol–water partition coefficient (Wildman–Crippen LogP) is 3.89. The highest BCUT2D eigenvalue weighted by molar-refractivity contribution is 6.26. The van der Waals surface area contributed by atoms with Crippen LogP contribution in [0.3, 0.4) is 0 Å². The van der Waals surface area contributed by atoms with Crippen LogP contribution in [-0.2, 0) is 4.79 Å². The number of unbranched alkanes of at least 4 members (excludes halogenated alkanes) is 4. The van der Waals surface area contributed by atoms with E-state index in [0.717, 1.165) is 25.7 Å². The van der Waals surface area contributed by atoms with Crippen LogP contribution in [0.1, 0.15) is 55.8 Å².